The molecule has 0 aromatic heterocycles. The van der Waals surface area contributed by atoms with Crippen LogP contribution in [-0.4, -0.2) is 25.1 Å². The number of hydrogen-bond acceptors (Lipinski definition) is 4. The minimum absolute atomic E-state index is 0. The summed E-state index contributed by atoms with van der Waals surface area (Å²) in [6, 6.07) is 10.6. The highest BCUT2D eigenvalue weighted by Gasteiger charge is 2.31. The lowest BCUT2D eigenvalue weighted by molar-refractivity contribution is 0.560. The molecule has 3 aliphatic rings. The van der Waals surface area contributed by atoms with Crippen molar-refractivity contribution in [3.63, 3.8) is 0 Å². The van der Waals surface area contributed by atoms with E-state index in [1.807, 2.05) is 10.6 Å². The Labute approximate surface area is 165 Å². The van der Waals surface area contributed by atoms with E-state index in [-0.39, 0.29) is 24.1 Å². The molecule has 1 aromatic carbocycles. The van der Waals surface area contributed by atoms with Gasteiger partial charge in [0.1, 0.15) is 17.3 Å². The van der Waals surface area contributed by atoms with E-state index in [9.17, 15) is 4.79 Å². The first kappa shape index (κ1) is 19.4. The van der Waals surface area contributed by atoms with Gasteiger partial charge >= 0.3 is 5.69 Å². The van der Waals surface area contributed by atoms with Crippen LogP contribution in [0, 0.1) is 0 Å². The summed E-state index contributed by atoms with van der Waals surface area (Å²) < 4.78 is 3.63. The number of nitrogens with one attached hydrogen (secondary N) is 1. The zero-order valence-electron chi connectivity index (χ0n) is 15.8. The fraction of sp³-hybridized carbons (Fsp3) is 0.450. The molecule has 0 aliphatic carbocycles. The summed E-state index contributed by atoms with van der Waals surface area (Å²) in [6.45, 7) is 5.53. The SMILES string of the molecule is CCCc1nc2c3n(c(=O)n(CCC)c-2n1)C[C@@H](Cc1ccccc1)N3.Cl. The summed E-state index contributed by atoms with van der Waals surface area (Å²) in [5.41, 5.74) is 2.11. The Hall–Kier alpha value is -2.34. The number of rotatable bonds is 6. The average molecular weight is 388 g/mol. The van der Waals surface area contributed by atoms with Crippen LogP contribution in [0.4, 0.5) is 5.82 Å². The lowest BCUT2D eigenvalue weighted by atomic mass is 10.1. The molecule has 1 N–H and O–H groups in total. The third-order valence-corrected chi connectivity index (χ3v) is 4.89. The van der Waals surface area contributed by atoms with Crippen LogP contribution in [0.1, 0.15) is 38.1 Å². The van der Waals surface area contributed by atoms with E-state index in [0.29, 0.717) is 13.1 Å². The molecule has 0 unspecified atom stereocenters. The van der Waals surface area contributed by atoms with Crippen LogP contribution in [0.15, 0.2) is 35.1 Å². The van der Waals surface area contributed by atoms with E-state index < -0.39 is 0 Å². The molecule has 1 aromatic rings. The molecule has 4 rings (SSSR count). The highest BCUT2D eigenvalue weighted by molar-refractivity contribution is 5.85. The average Bonchev–Trinajstić information content (AvgIpc) is 3.24. The van der Waals surface area contributed by atoms with Crippen LogP contribution in [0.25, 0.3) is 11.5 Å². The van der Waals surface area contributed by atoms with Crippen molar-refractivity contribution in [3.05, 3.63) is 52.2 Å². The van der Waals surface area contributed by atoms with Gasteiger partial charge in [0.05, 0.1) is 0 Å². The largest absolute Gasteiger partial charge is 0.365 e. The van der Waals surface area contributed by atoms with Crippen LogP contribution in [-0.2, 0) is 25.9 Å². The number of anilines is 1. The van der Waals surface area contributed by atoms with E-state index in [1.165, 1.54) is 5.56 Å². The first-order valence-electron chi connectivity index (χ1n) is 9.51. The van der Waals surface area contributed by atoms with Gasteiger partial charge in [-0.15, -0.1) is 12.4 Å². The van der Waals surface area contributed by atoms with E-state index >= 15 is 0 Å². The topological polar surface area (TPSA) is 64.7 Å². The molecule has 3 heterocycles. The summed E-state index contributed by atoms with van der Waals surface area (Å²) in [7, 11) is 0. The Morgan fingerprint density at radius 3 is 2.63 bits per heavy atom. The molecule has 0 radical (unpaired) electrons. The van der Waals surface area contributed by atoms with Gasteiger partial charge in [0.2, 0.25) is 0 Å². The molecule has 7 heteroatoms. The Morgan fingerprint density at radius 2 is 1.93 bits per heavy atom. The number of aromatic nitrogens is 4. The lowest BCUT2D eigenvalue weighted by Crippen LogP contribution is -2.32. The summed E-state index contributed by atoms with van der Waals surface area (Å²) in [6.07, 6.45) is 3.61. The van der Waals surface area contributed by atoms with Gasteiger partial charge in [-0.25, -0.2) is 14.8 Å². The summed E-state index contributed by atoms with van der Waals surface area (Å²) in [5, 5.41) is 3.54. The highest BCUT2D eigenvalue weighted by atomic mass is 35.5. The van der Waals surface area contributed by atoms with Gasteiger partial charge in [0.15, 0.2) is 5.82 Å². The third-order valence-electron chi connectivity index (χ3n) is 4.89. The van der Waals surface area contributed by atoms with Crippen LogP contribution < -0.4 is 11.0 Å². The van der Waals surface area contributed by atoms with Crippen molar-refractivity contribution in [2.24, 2.45) is 0 Å². The van der Waals surface area contributed by atoms with E-state index in [1.54, 1.807) is 4.57 Å². The van der Waals surface area contributed by atoms with Crippen molar-refractivity contribution in [1.82, 2.24) is 19.1 Å². The lowest BCUT2D eigenvalue weighted by Gasteiger charge is -2.13. The maximum absolute atomic E-state index is 13.0. The summed E-state index contributed by atoms with van der Waals surface area (Å²) in [4.78, 5) is 22.5. The molecule has 0 bridgehead atoms. The second-order valence-electron chi connectivity index (χ2n) is 6.99. The Balaban J connectivity index is 0.00000210. The van der Waals surface area contributed by atoms with Crippen LogP contribution in [0.5, 0.6) is 0 Å². The molecule has 0 fully saturated rings. The van der Waals surface area contributed by atoms with Crippen molar-refractivity contribution in [1.29, 1.82) is 0 Å². The first-order valence-corrected chi connectivity index (χ1v) is 9.51. The van der Waals surface area contributed by atoms with Gasteiger partial charge in [0, 0.05) is 25.6 Å². The maximum Gasteiger partial charge on any atom is 0.331 e. The van der Waals surface area contributed by atoms with Crippen molar-refractivity contribution in [2.45, 2.75) is 58.7 Å². The van der Waals surface area contributed by atoms with E-state index in [0.717, 1.165) is 48.8 Å². The number of fused-ring (bicyclic) bond motifs is 3. The Kier molecular flexibility index (Phi) is 5.85. The van der Waals surface area contributed by atoms with Gasteiger partial charge < -0.3 is 5.32 Å². The number of aryl methyl sites for hydroxylation is 1. The molecule has 6 nitrogen and oxygen atoms in total. The first-order chi connectivity index (χ1) is 12.7. The van der Waals surface area contributed by atoms with Gasteiger partial charge in [-0.1, -0.05) is 44.2 Å². The Morgan fingerprint density at radius 1 is 1.15 bits per heavy atom. The van der Waals surface area contributed by atoms with Crippen molar-refractivity contribution in [3.8, 4) is 11.5 Å². The second-order valence-corrected chi connectivity index (χ2v) is 6.99. The minimum Gasteiger partial charge on any atom is -0.365 e. The fourth-order valence-corrected chi connectivity index (χ4v) is 3.74. The molecule has 0 amide bonds. The van der Waals surface area contributed by atoms with Gasteiger partial charge in [-0.05, 0) is 24.8 Å². The number of hydrogen-bond donors (Lipinski definition) is 1. The predicted molar refractivity (Wildman–Crippen MR) is 110 cm³/mol. The minimum atomic E-state index is 0. The number of imidazole rings is 1. The quantitative estimate of drug-likeness (QED) is 0.704. The molecule has 1 atom stereocenters. The molecular weight excluding hydrogens is 362 g/mol. The van der Waals surface area contributed by atoms with Crippen LogP contribution in [0.3, 0.4) is 0 Å². The van der Waals surface area contributed by atoms with Gasteiger partial charge in [-0.2, -0.15) is 0 Å². The zero-order valence-corrected chi connectivity index (χ0v) is 16.6. The van der Waals surface area contributed by atoms with E-state index in [2.05, 4.69) is 48.4 Å². The molecular formula is C20H26ClN5O. The van der Waals surface area contributed by atoms with Crippen molar-refractivity contribution < 1.29 is 0 Å². The number of halogens is 1. The highest BCUT2D eigenvalue weighted by Crippen LogP contribution is 2.31. The monoisotopic (exact) mass is 387 g/mol. The zero-order chi connectivity index (χ0) is 18.1. The summed E-state index contributed by atoms with van der Waals surface area (Å²) in [5.74, 6) is 2.38. The second kappa shape index (κ2) is 8.13. The standard InChI is InChI=1S/C20H25N5O.ClH/c1-3-8-16-22-17-18-21-15(12-14-9-6-5-7-10-14)13-25(18)20(26)24(11-4-2)19(17)23-16;/h5-7,9-10,15,21H,3-4,8,11-13H2,1-2H3;1H/t15-;/m1./s1. The van der Waals surface area contributed by atoms with Crippen molar-refractivity contribution in [2.75, 3.05) is 5.32 Å². The number of nitrogens with zero attached hydrogens (tertiary/aromatic N) is 4. The summed E-state index contributed by atoms with van der Waals surface area (Å²) >= 11 is 0. The molecule has 144 valence electrons. The van der Waals surface area contributed by atoms with Gasteiger partial charge in [-0.3, -0.25) is 9.13 Å². The van der Waals surface area contributed by atoms with Gasteiger partial charge in [0.25, 0.3) is 0 Å². The third kappa shape index (κ3) is 3.58. The maximum atomic E-state index is 13.0. The molecule has 0 saturated carbocycles. The fourth-order valence-electron chi connectivity index (χ4n) is 3.74. The predicted octanol–water partition coefficient (Wildman–Crippen LogP) is 3.37. The van der Waals surface area contributed by atoms with E-state index in [4.69, 9.17) is 4.98 Å². The normalized spacial score (nSPS) is 15.4. The Bertz CT molecular complexity index is 934. The number of benzene rings is 1. The molecule has 0 spiro atoms. The molecule has 27 heavy (non-hydrogen) atoms. The smallest absolute Gasteiger partial charge is 0.331 e. The van der Waals surface area contributed by atoms with Crippen molar-refractivity contribution >= 4 is 18.2 Å². The molecule has 3 aliphatic heterocycles. The molecule has 0 saturated heterocycles. The van der Waals surface area contributed by atoms with Crippen LogP contribution in [0.2, 0.25) is 0 Å². The van der Waals surface area contributed by atoms with Crippen LogP contribution >= 0.6 is 12.4 Å².